The van der Waals surface area contributed by atoms with E-state index in [1.165, 1.54) is 27.7 Å². The molecule has 118 valence electrons. The van der Waals surface area contributed by atoms with Crippen molar-refractivity contribution in [2.45, 2.75) is 0 Å². The first-order valence-electron chi connectivity index (χ1n) is 8.16. The average molecular weight is 306 g/mol. The highest BCUT2D eigenvalue weighted by molar-refractivity contribution is 5.84. The predicted octanol–water partition coefficient (Wildman–Crippen LogP) is 2.99. The highest BCUT2D eigenvalue weighted by Gasteiger charge is 2.14. The van der Waals surface area contributed by atoms with E-state index in [9.17, 15) is 0 Å². The number of aromatic nitrogens is 2. The van der Waals surface area contributed by atoms with E-state index in [1.54, 1.807) is 0 Å². The SMILES string of the molecule is CN1CCN(c2ccc(-c3ccc4c(cnn4C)c3)cc2)CC1. The van der Waals surface area contributed by atoms with Gasteiger partial charge in [-0.3, -0.25) is 4.68 Å². The summed E-state index contributed by atoms with van der Waals surface area (Å²) in [6.07, 6.45) is 1.93. The van der Waals surface area contributed by atoms with E-state index in [0.29, 0.717) is 0 Å². The molecule has 1 fully saturated rings. The van der Waals surface area contributed by atoms with Gasteiger partial charge in [0, 0.05) is 44.3 Å². The number of aryl methyl sites for hydroxylation is 1. The minimum Gasteiger partial charge on any atom is -0.369 e. The van der Waals surface area contributed by atoms with Crippen LogP contribution in [0.1, 0.15) is 0 Å². The van der Waals surface area contributed by atoms with Crippen molar-refractivity contribution in [1.82, 2.24) is 14.7 Å². The van der Waals surface area contributed by atoms with Gasteiger partial charge in [0.25, 0.3) is 0 Å². The average Bonchev–Trinajstić information content (AvgIpc) is 2.96. The van der Waals surface area contributed by atoms with Crippen molar-refractivity contribution < 1.29 is 0 Å². The lowest BCUT2D eigenvalue weighted by Crippen LogP contribution is -2.44. The van der Waals surface area contributed by atoms with Crippen molar-refractivity contribution in [2.24, 2.45) is 7.05 Å². The Bertz CT molecular complexity index is 811. The molecule has 0 saturated carbocycles. The summed E-state index contributed by atoms with van der Waals surface area (Å²) in [5, 5.41) is 5.51. The molecule has 3 aromatic rings. The maximum atomic E-state index is 4.32. The minimum absolute atomic E-state index is 1.11. The molecule has 0 radical (unpaired) electrons. The summed E-state index contributed by atoms with van der Waals surface area (Å²) in [6, 6.07) is 15.5. The third-order valence-electron chi connectivity index (χ3n) is 4.82. The van der Waals surface area contributed by atoms with Crippen molar-refractivity contribution in [3.05, 3.63) is 48.7 Å². The molecule has 2 heterocycles. The molecule has 0 amide bonds. The minimum atomic E-state index is 1.11. The van der Waals surface area contributed by atoms with Crippen LogP contribution in [-0.4, -0.2) is 47.9 Å². The van der Waals surface area contributed by atoms with E-state index in [2.05, 4.69) is 64.4 Å². The molecular weight excluding hydrogens is 284 g/mol. The van der Waals surface area contributed by atoms with Gasteiger partial charge >= 0.3 is 0 Å². The van der Waals surface area contributed by atoms with Gasteiger partial charge in [0.05, 0.1) is 11.7 Å². The summed E-state index contributed by atoms with van der Waals surface area (Å²) in [7, 11) is 4.17. The summed E-state index contributed by atoms with van der Waals surface area (Å²) in [6.45, 7) is 4.49. The molecule has 0 bridgehead atoms. The van der Waals surface area contributed by atoms with Gasteiger partial charge < -0.3 is 9.80 Å². The lowest BCUT2D eigenvalue weighted by molar-refractivity contribution is 0.313. The summed E-state index contributed by atoms with van der Waals surface area (Å²) in [5.74, 6) is 0. The molecule has 1 saturated heterocycles. The first-order valence-corrected chi connectivity index (χ1v) is 8.16. The molecule has 0 unspecified atom stereocenters. The molecule has 4 rings (SSSR count). The Morgan fingerprint density at radius 3 is 2.26 bits per heavy atom. The second-order valence-corrected chi connectivity index (χ2v) is 6.38. The third-order valence-corrected chi connectivity index (χ3v) is 4.82. The van der Waals surface area contributed by atoms with Crippen molar-refractivity contribution in [1.29, 1.82) is 0 Å². The zero-order valence-electron chi connectivity index (χ0n) is 13.7. The fraction of sp³-hybridized carbons (Fsp3) is 0.316. The molecule has 0 atom stereocenters. The van der Waals surface area contributed by atoms with E-state index in [0.717, 1.165) is 26.2 Å². The second kappa shape index (κ2) is 5.70. The number of piperazine rings is 1. The van der Waals surface area contributed by atoms with Crippen LogP contribution in [0.5, 0.6) is 0 Å². The Hall–Kier alpha value is -2.33. The number of anilines is 1. The van der Waals surface area contributed by atoms with Crippen LogP contribution < -0.4 is 4.90 Å². The molecule has 1 aromatic heterocycles. The quantitative estimate of drug-likeness (QED) is 0.727. The van der Waals surface area contributed by atoms with E-state index in [-0.39, 0.29) is 0 Å². The van der Waals surface area contributed by atoms with E-state index >= 15 is 0 Å². The van der Waals surface area contributed by atoms with Gasteiger partial charge in [-0.05, 0) is 42.4 Å². The predicted molar refractivity (Wildman–Crippen MR) is 95.9 cm³/mol. The molecular formula is C19H22N4. The van der Waals surface area contributed by atoms with Crippen LogP contribution in [0.2, 0.25) is 0 Å². The van der Waals surface area contributed by atoms with E-state index < -0.39 is 0 Å². The molecule has 0 N–H and O–H groups in total. The second-order valence-electron chi connectivity index (χ2n) is 6.38. The molecule has 23 heavy (non-hydrogen) atoms. The van der Waals surface area contributed by atoms with E-state index in [4.69, 9.17) is 0 Å². The van der Waals surface area contributed by atoms with Gasteiger partial charge in [-0.25, -0.2) is 0 Å². The van der Waals surface area contributed by atoms with Gasteiger partial charge in [0.1, 0.15) is 0 Å². The van der Waals surface area contributed by atoms with E-state index in [1.807, 2.05) is 17.9 Å². The Kier molecular flexibility index (Phi) is 3.54. The fourth-order valence-corrected chi connectivity index (χ4v) is 3.27. The first kappa shape index (κ1) is 14.3. The number of fused-ring (bicyclic) bond motifs is 1. The third kappa shape index (κ3) is 2.70. The zero-order chi connectivity index (χ0) is 15.8. The molecule has 0 spiro atoms. The highest BCUT2D eigenvalue weighted by Crippen LogP contribution is 2.26. The van der Waals surface area contributed by atoms with Crippen molar-refractivity contribution >= 4 is 16.6 Å². The summed E-state index contributed by atoms with van der Waals surface area (Å²) in [5.41, 5.74) is 5.00. The number of likely N-dealkylation sites (N-methyl/N-ethyl adjacent to an activating group) is 1. The van der Waals surface area contributed by atoms with Crippen molar-refractivity contribution in [3.8, 4) is 11.1 Å². The summed E-state index contributed by atoms with van der Waals surface area (Å²) >= 11 is 0. The molecule has 4 nitrogen and oxygen atoms in total. The van der Waals surface area contributed by atoms with Gasteiger partial charge in [-0.1, -0.05) is 18.2 Å². The number of hydrogen-bond donors (Lipinski definition) is 0. The van der Waals surface area contributed by atoms with Gasteiger partial charge in [-0.15, -0.1) is 0 Å². The smallest absolute Gasteiger partial charge is 0.0679 e. The van der Waals surface area contributed by atoms with Crippen LogP contribution in [-0.2, 0) is 7.05 Å². The zero-order valence-corrected chi connectivity index (χ0v) is 13.7. The van der Waals surface area contributed by atoms with Gasteiger partial charge in [-0.2, -0.15) is 5.10 Å². The molecule has 0 aliphatic carbocycles. The molecule has 4 heteroatoms. The van der Waals surface area contributed by atoms with Crippen molar-refractivity contribution in [3.63, 3.8) is 0 Å². The lowest BCUT2D eigenvalue weighted by atomic mass is 10.0. The van der Waals surface area contributed by atoms with Crippen LogP contribution in [0.25, 0.3) is 22.0 Å². The normalized spacial score (nSPS) is 16.2. The van der Waals surface area contributed by atoms with Gasteiger partial charge in [0.2, 0.25) is 0 Å². The Morgan fingerprint density at radius 2 is 1.52 bits per heavy atom. The standard InChI is InChI=1S/C19H22N4/c1-21-9-11-23(12-10-21)18-6-3-15(4-7-18)16-5-8-19-17(13-16)14-20-22(19)2/h3-8,13-14H,9-12H2,1-2H3. The number of nitrogens with zero attached hydrogens (tertiary/aromatic N) is 4. The lowest BCUT2D eigenvalue weighted by Gasteiger charge is -2.34. The maximum Gasteiger partial charge on any atom is 0.0679 e. The van der Waals surface area contributed by atoms with Crippen LogP contribution in [0, 0.1) is 0 Å². The number of rotatable bonds is 2. The number of hydrogen-bond acceptors (Lipinski definition) is 3. The highest BCUT2D eigenvalue weighted by atomic mass is 15.3. The summed E-state index contributed by atoms with van der Waals surface area (Å²) in [4.78, 5) is 4.85. The number of benzene rings is 2. The molecule has 1 aliphatic heterocycles. The van der Waals surface area contributed by atoms with Crippen molar-refractivity contribution in [2.75, 3.05) is 38.1 Å². The molecule has 2 aromatic carbocycles. The van der Waals surface area contributed by atoms with Crippen LogP contribution in [0.3, 0.4) is 0 Å². The topological polar surface area (TPSA) is 24.3 Å². The van der Waals surface area contributed by atoms with Gasteiger partial charge in [0.15, 0.2) is 0 Å². The first-order chi connectivity index (χ1) is 11.2. The Labute approximate surface area is 136 Å². The van der Waals surface area contributed by atoms with Crippen LogP contribution in [0.4, 0.5) is 5.69 Å². The maximum absolute atomic E-state index is 4.32. The van der Waals surface area contributed by atoms with Crippen LogP contribution in [0.15, 0.2) is 48.7 Å². The Balaban J connectivity index is 1.59. The summed E-state index contributed by atoms with van der Waals surface area (Å²) < 4.78 is 1.91. The van der Waals surface area contributed by atoms with Crippen LogP contribution >= 0.6 is 0 Å². The monoisotopic (exact) mass is 306 g/mol. The molecule has 1 aliphatic rings. The largest absolute Gasteiger partial charge is 0.369 e. The Morgan fingerprint density at radius 1 is 0.826 bits per heavy atom. The fourth-order valence-electron chi connectivity index (χ4n) is 3.27.